The molecule has 3 atom stereocenters. The molecule has 0 bridgehead atoms. The first-order valence-corrected chi connectivity index (χ1v) is 8.87. The standard InChI is InChI=1S/C21H27NO4/c1-15(23)14-26-21(18-9-11-19(24)12-10-18)16(2)22-20(25)13-8-17-6-4-3-5-7-17/h3-7,9-12,15-16,21,23-24H,8,13-14H2,1-2H3,(H,22,25)/t15-,16?,21-/m1/s1. The van der Waals surface area contributed by atoms with Crippen LogP contribution in [0.2, 0.25) is 0 Å². The van der Waals surface area contributed by atoms with Crippen LogP contribution >= 0.6 is 0 Å². The molecule has 0 radical (unpaired) electrons. The Bertz CT molecular complexity index is 670. The molecule has 0 aliphatic rings. The number of rotatable bonds is 9. The summed E-state index contributed by atoms with van der Waals surface area (Å²) in [4.78, 5) is 12.3. The van der Waals surface area contributed by atoms with Crippen molar-refractivity contribution in [2.24, 2.45) is 0 Å². The van der Waals surface area contributed by atoms with Gasteiger partial charge in [0.1, 0.15) is 11.9 Å². The molecule has 5 heteroatoms. The maximum atomic E-state index is 12.3. The lowest BCUT2D eigenvalue weighted by Gasteiger charge is -2.26. The van der Waals surface area contributed by atoms with E-state index in [1.165, 1.54) is 0 Å². The Morgan fingerprint density at radius 2 is 1.73 bits per heavy atom. The molecular formula is C21H27NO4. The zero-order valence-electron chi connectivity index (χ0n) is 15.3. The zero-order chi connectivity index (χ0) is 18.9. The molecule has 0 spiro atoms. The van der Waals surface area contributed by atoms with Crippen LogP contribution in [0.5, 0.6) is 5.75 Å². The van der Waals surface area contributed by atoms with E-state index in [9.17, 15) is 15.0 Å². The second kappa shape index (κ2) is 9.94. The molecule has 2 rings (SSSR count). The number of carbonyl (C=O) groups is 1. The van der Waals surface area contributed by atoms with Crippen molar-refractivity contribution in [2.45, 2.75) is 44.9 Å². The number of aromatic hydroxyl groups is 1. The van der Waals surface area contributed by atoms with Crippen LogP contribution in [0.15, 0.2) is 54.6 Å². The van der Waals surface area contributed by atoms with Gasteiger partial charge in [-0.2, -0.15) is 0 Å². The molecule has 0 aliphatic heterocycles. The van der Waals surface area contributed by atoms with Gasteiger partial charge in [0.05, 0.1) is 18.8 Å². The lowest BCUT2D eigenvalue weighted by atomic mass is 10.0. The number of aryl methyl sites for hydroxylation is 1. The third-order valence-electron chi connectivity index (χ3n) is 4.06. The fourth-order valence-electron chi connectivity index (χ4n) is 2.74. The number of hydrogen-bond donors (Lipinski definition) is 3. The number of phenolic OH excluding ortho intramolecular Hbond substituents is 1. The average molecular weight is 357 g/mol. The average Bonchev–Trinajstić information content (AvgIpc) is 2.62. The Labute approximate surface area is 154 Å². The number of aliphatic hydroxyl groups is 1. The second-order valence-electron chi connectivity index (χ2n) is 6.54. The van der Waals surface area contributed by atoms with Crippen molar-refractivity contribution in [3.8, 4) is 5.75 Å². The molecular weight excluding hydrogens is 330 g/mol. The molecule has 1 unspecified atom stereocenters. The molecule has 140 valence electrons. The third kappa shape index (κ3) is 6.50. The van der Waals surface area contributed by atoms with E-state index in [0.717, 1.165) is 11.1 Å². The molecule has 3 N–H and O–H groups in total. The van der Waals surface area contributed by atoms with Crippen LogP contribution < -0.4 is 5.32 Å². The highest BCUT2D eigenvalue weighted by Crippen LogP contribution is 2.24. The summed E-state index contributed by atoms with van der Waals surface area (Å²) in [5.41, 5.74) is 1.95. The lowest BCUT2D eigenvalue weighted by molar-refractivity contribution is -0.123. The van der Waals surface area contributed by atoms with Gasteiger partial charge in [-0.3, -0.25) is 4.79 Å². The minimum absolute atomic E-state index is 0.0502. The van der Waals surface area contributed by atoms with Gasteiger partial charge in [0.25, 0.3) is 0 Å². The summed E-state index contributed by atoms with van der Waals surface area (Å²) in [6.45, 7) is 3.69. The molecule has 5 nitrogen and oxygen atoms in total. The highest BCUT2D eigenvalue weighted by Gasteiger charge is 2.22. The fraction of sp³-hybridized carbons (Fsp3) is 0.381. The van der Waals surface area contributed by atoms with Crippen LogP contribution in [0, 0.1) is 0 Å². The van der Waals surface area contributed by atoms with Crippen molar-refractivity contribution < 1.29 is 19.7 Å². The van der Waals surface area contributed by atoms with Gasteiger partial charge < -0.3 is 20.3 Å². The summed E-state index contributed by atoms with van der Waals surface area (Å²) >= 11 is 0. The van der Waals surface area contributed by atoms with Gasteiger partial charge in [0.15, 0.2) is 0 Å². The van der Waals surface area contributed by atoms with Crippen LogP contribution in [0.1, 0.15) is 37.5 Å². The summed E-state index contributed by atoms with van der Waals surface area (Å²) in [7, 11) is 0. The Balaban J connectivity index is 1.97. The first-order valence-electron chi connectivity index (χ1n) is 8.87. The third-order valence-corrected chi connectivity index (χ3v) is 4.06. The highest BCUT2D eigenvalue weighted by atomic mass is 16.5. The predicted octanol–water partition coefficient (Wildman–Crippen LogP) is 2.97. The molecule has 2 aromatic carbocycles. The van der Waals surface area contributed by atoms with Crippen molar-refractivity contribution in [3.05, 3.63) is 65.7 Å². The second-order valence-corrected chi connectivity index (χ2v) is 6.54. The normalized spacial score (nSPS) is 14.4. The largest absolute Gasteiger partial charge is 0.508 e. The van der Waals surface area contributed by atoms with Crippen molar-refractivity contribution in [3.63, 3.8) is 0 Å². The van der Waals surface area contributed by atoms with Crippen molar-refractivity contribution >= 4 is 5.91 Å². The van der Waals surface area contributed by atoms with E-state index in [2.05, 4.69) is 5.32 Å². The van der Waals surface area contributed by atoms with Gasteiger partial charge >= 0.3 is 0 Å². The first kappa shape index (κ1) is 19.9. The minimum Gasteiger partial charge on any atom is -0.508 e. The molecule has 0 fully saturated rings. The van der Waals surface area contributed by atoms with Crippen LogP contribution in [-0.2, 0) is 16.0 Å². The summed E-state index contributed by atoms with van der Waals surface area (Å²) in [6, 6.07) is 16.3. The Morgan fingerprint density at radius 1 is 1.08 bits per heavy atom. The van der Waals surface area contributed by atoms with E-state index >= 15 is 0 Å². The van der Waals surface area contributed by atoms with Crippen molar-refractivity contribution in [1.82, 2.24) is 5.32 Å². The van der Waals surface area contributed by atoms with Crippen LogP contribution in [-0.4, -0.2) is 34.9 Å². The number of hydrogen-bond acceptors (Lipinski definition) is 4. The maximum Gasteiger partial charge on any atom is 0.220 e. The van der Waals surface area contributed by atoms with Gasteiger partial charge in [0.2, 0.25) is 5.91 Å². The Morgan fingerprint density at radius 3 is 2.35 bits per heavy atom. The summed E-state index contributed by atoms with van der Waals surface area (Å²) < 4.78 is 5.81. The first-order chi connectivity index (χ1) is 12.5. The molecule has 0 aromatic heterocycles. The van der Waals surface area contributed by atoms with E-state index < -0.39 is 12.2 Å². The number of benzene rings is 2. The van der Waals surface area contributed by atoms with Crippen molar-refractivity contribution in [1.29, 1.82) is 0 Å². The van der Waals surface area contributed by atoms with Crippen LogP contribution in [0.25, 0.3) is 0 Å². The Hall–Kier alpha value is -2.37. The van der Waals surface area contributed by atoms with E-state index in [0.29, 0.717) is 12.8 Å². The number of amides is 1. The molecule has 0 saturated heterocycles. The van der Waals surface area contributed by atoms with Gasteiger partial charge in [-0.25, -0.2) is 0 Å². The van der Waals surface area contributed by atoms with Gasteiger partial charge in [-0.1, -0.05) is 42.5 Å². The Kier molecular flexibility index (Phi) is 7.63. The van der Waals surface area contributed by atoms with Gasteiger partial charge in [-0.05, 0) is 43.5 Å². The number of aliphatic hydroxyl groups excluding tert-OH is 1. The SMILES string of the molecule is CC(NC(=O)CCc1ccccc1)[C@@H](OC[C@@H](C)O)c1ccc(O)cc1. The van der Waals surface area contributed by atoms with Crippen molar-refractivity contribution in [2.75, 3.05) is 6.61 Å². The smallest absolute Gasteiger partial charge is 0.220 e. The van der Waals surface area contributed by atoms with Crippen LogP contribution in [0.3, 0.4) is 0 Å². The zero-order valence-corrected chi connectivity index (χ0v) is 15.3. The number of nitrogens with one attached hydrogen (secondary N) is 1. The molecule has 0 heterocycles. The van der Waals surface area contributed by atoms with E-state index in [1.54, 1.807) is 31.2 Å². The van der Waals surface area contributed by atoms with E-state index in [-0.39, 0.29) is 24.3 Å². The maximum absolute atomic E-state index is 12.3. The predicted molar refractivity (Wildman–Crippen MR) is 101 cm³/mol. The number of carbonyl (C=O) groups excluding carboxylic acids is 1. The highest BCUT2D eigenvalue weighted by molar-refractivity contribution is 5.76. The fourth-order valence-corrected chi connectivity index (χ4v) is 2.74. The topological polar surface area (TPSA) is 78.8 Å². The van der Waals surface area contributed by atoms with E-state index in [1.807, 2.05) is 37.3 Å². The summed E-state index contributed by atoms with van der Waals surface area (Å²) in [5.74, 6) is 0.119. The van der Waals surface area contributed by atoms with Crippen LogP contribution in [0.4, 0.5) is 0 Å². The molecule has 1 amide bonds. The lowest BCUT2D eigenvalue weighted by Crippen LogP contribution is -2.38. The van der Waals surface area contributed by atoms with Gasteiger partial charge in [0, 0.05) is 6.42 Å². The monoisotopic (exact) mass is 357 g/mol. The number of phenols is 1. The van der Waals surface area contributed by atoms with Gasteiger partial charge in [-0.15, -0.1) is 0 Å². The molecule has 0 aliphatic carbocycles. The summed E-state index contributed by atoms with van der Waals surface area (Å²) in [5, 5.41) is 22.0. The van der Waals surface area contributed by atoms with E-state index in [4.69, 9.17) is 4.74 Å². The molecule has 26 heavy (non-hydrogen) atoms. The quantitative estimate of drug-likeness (QED) is 0.645. The number of ether oxygens (including phenoxy) is 1. The molecule has 0 saturated carbocycles. The molecule has 2 aromatic rings. The summed E-state index contributed by atoms with van der Waals surface area (Å²) in [6.07, 6.45) is 0.0617. The minimum atomic E-state index is -0.601.